The van der Waals surface area contributed by atoms with E-state index in [1.165, 1.54) is 195 Å². The quantitative estimate of drug-likeness (QED) is 0.0874. The van der Waals surface area contributed by atoms with E-state index in [0.717, 1.165) is 13.4 Å². The second-order valence-electron chi connectivity index (χ2n) is 22.0. The summed E-state index contributed by atoms with van der Waals surface area (Å²) in [6.45, 7) is 44.3. The molecule has 0 unspecified atom stereocenters. The molecule has 12 heteroatoms. The minimum Gasteiger partial charge on any atom is -1.00 e. The summed E-state index contributed by atoms with van der Waals surface area (Å²) in [6.07, 6.45) is 22.1. The van der Waals surface area contributed by atoms with Gasteiger partial charge in [-0.3, -0.25) is 0 Å². The van der Waals surface area contributed by atoms with E-state index in [1.54, 1.807) is 0 Å². The minimum atomic E-state index is 0. The molecule has 0 aromatic heterocycles. The smallest absolute Gasteiger partial charge is 0.0786 e. The van der Waals surface area contributed by atoms with Crippen molar-refractivity contribution in [3.05, 3.63) is 0 Å². The predicted molar refractivity (Wildman–Crippen MR) is 281 cm³/mol. The molecule has 408 valence electrons. The van der Waals surface area contributed by atoms with Crippen molar-refractivity contribution < 1.29 is 78.2 Å². The van der Waals surface area contributed by atoms with Crippen LogP contribution in [0.25, 0.3) is 0 Å². The number of unbranched alkanes of at least 4 members (excludes halogenated alkanes) is 8. The molecule has 0 heterocycles. The molecule has 0 spiro atoms. The van der Waals surface area contributed by atoms with E-state index < -0.39 is 0 Å². The normalized spacial score (nSPS) is 10.9. The monoisotopic (exact) mass is 1020 g/mol. The molecule has 0 aliphatic rings. The minimum absolute atomic E-state index is 0. The second-order valence-corrected chi connectivity index (χ2v) is 22.0. The van der Waals surface area contributed by atoms with Crippen LogP contribution in [-0.4, -0.2) is 212 Å². The number of hydrogen-bond donors (Lipinski definition) is 0. The van der Waals surface area contributed by atoms with E-state index >= 15 is 0 Å². The van der Waals surface area contributed by atoms with Gasteiger partial charge in [0, 0.05) is 0 Å². The molecule has 0 saturated carbocycles. The van der Waals surface area contributed by atoms with Crippen LogP contribution in [0.15, 0.2) is 0 Å². The van der Waals surface area contributed by atoms with E-state index in [9.17, 15) is 0 Å². The zero-order valence-corrected chi connectivity index (χ0v) is 51.4. The lowest BCUT2D eigenvalue weighted by molar-refractivity contribution is -0.929. The molecule has 0 saturated heterocycles. The highest BCUT2D eigenvalue weighted by molar-refractivity contribution is 4.50. The third kappa shape index (κ3) is 85.6. The van der Waals surface area contributed by atoms with Gasteiger partial charge in [0.05, 0.1) is 163 Å². The lowest BCUT2D eigenvalue weighted by Crippen LogP contribution is -3.00. The highest BCUT2D eigenvalue weighted by Crippen LogP contribution is 2.18. The SMILES string of the molecule is CCCC[N+](CCCC)(CCCC)CCCC.CCCC[N+](CCCC)(CCCC)CCCC.CC[N+](CC)(CC)CC.C[N+](C)(C)C.C[N+](C)(C)C.C[N+](C)(C)C.[Br-].[Cl-].[OH-].[OH-].[OH-].[OH-]. The summed E-state index contributed by atoms with van der Waals surface area (Å²) in [5.74, 6) is 0. The van der Waals surface area contributed by atoms with Crippen LogP contribution in [0.3, 0.4) is 0 Å². The van der Waals surface area contributed by atoms with E-state index in [2.05, 4.69) is 168 Å². The van der Waals surface area contributed by atoms with Crippen molar-refractivity contribution in [2.45, 2.75) is 186 Å². The van der Waals surface area contributed by atoms with Crippen molar-refractivity contribution in [1.29, 1.82) is 0 Å². The molecule has 10 nitrogen and oxygen atoms in total. The van der Waals surface area contributed by atoms with Gasteiger partial charge in [0.25, 0.3) is 0 Å². The summed E-state index contributed by atoms with van der Waals surface area (Å²) in [5, 5.41) is 0. The summed E-state index contributed by atoms with van der Waals surface area (Å²) in [7, 11) is 25.5. The highest BCUT2D eigenvalue weighted by atomic mass is 79.9. The largest absolute Gasteiger partial charge is 1.00 e. The van der Waals surface area contributed by atoms with Crippen molar-refractivity contribution in [1.82, 2.24) is 0 Å². The van der Waals surface area contributed by atoms with Crippen LogP contribution < -0.4 is 29.4 Å². The molecule has 0 amide bonds. The first kappa shape index (κ1) is 94.3. The first-order valence-electron chi connectivity index (χ1n) is 25.6. The molecule has 0 bridgehead atoms. The molecule has 0 atom stereocenters. The number of halogens is 2. The Balaban J connectivity index is -0.0000000535. The molecular weight excluding hydrogens is 888 g/mol. The maximum atomic E-state index is 2.33. The van der Waals surface area contributed by atoms with Crippen LogP contribution in [-0.2, 0) is 0 Å². The lowest BCUT2D eigenvalue weighted by Gasteiger charge is -2.39. The van der Waals surface area contributed by atoms with Crippen LogP contribution in [0, 0.1) is 0 Å². The standard InChI is InChI=1S/2C16H36N.C8H20N.3C4H12N.BrH.ClH.4H2O/c2*1-5-9-13-17(14-10-6-2,15-11-7-3)16-12-8-4;1-5-9(6-2,7-3)8-4;3*1-5(2,3)4;;;;;;/h2*5-16H2,1-4H3;5-8H2,1-4H3;3*1-4H3;2*1H;4*1H2/q6*+1;;;;;;/p-6. The van der Waals surface area contributed by atoms with E-state index in [0.29, 0.717) is 0 Å². The van der Waals surface area contributed by atoms with E-state index in [1.807, 2.05) is 0 Å². The summed E-state index contributed by atoms with van der Waals surface area (Å²) in [4.78, 5) is 0. The Morgan fingerprint density at radius 3 is 0.359 bits per heavy atom. The molecule has 0 aliphatic carbocycles. The Bertz CT molecular complexity index is 618. The lowest BCUT2D eigenvalue weighted by atomic mass is 10.1. The van der Waals surface area contributed by atoms with Crippen molar-refractivity contribution in [3.63, 3.8) is 0 Å². The van der Waals surface area contributed by atoms with Gasteiger partial charge in [-0.15, -0.1) is 0 Å². The van der Waals surface area contributed by atoms with Crippen molar-refractivity contribution in [2.24, 2.45) is 0 Å². The van der Waals surface area contributed by atoms with Gasteiger partial charge < -0.3 is 78.2 Å². The van der Waals surface area contributed by atoms with Crippen molar-refractivity contribution in [2.75, 3.05) is 163 Å². The number of hydrogen-bond acceptors (Lipinski definition) is 4. The molecule has 64 heavy (non-hydrogen) atoms. The van der Waals surface area contributed by atoms with Gasteiger partial charge in [0.2, 0.25) is 0 Å². The Kier molecular flexibility index (Phi) is 87.6. The molecule has 4 N–H and O–H groups in total. The van der Waals surface area contributed by atoms with Crippen LogP contribution in [0.2, 0.25) is 0 Å². The summed E-state index contributed by atoms with van der Waals surface area (Å²) in [5.41, 5.74) is 0. The zero-order valence-electron chi connectivity index (χ0n) is 49.0. The van der Waals surface area contributed by atoms with Gasteiger partial charge in [-0.2, -0.15) is 0 Å². The fraction of sp³-hybridized carbons (Fsp3) is 1.00. The molecular formula is C52H132BrClN6O4. The topological polar surface area (TPSA) is 120 Å². The van der Waals surface area contributed by atoms with E-state index in [4.69, 9.17) is 0 Å². The summed E-state index contributed by atoms with van der Waals surface area (Å²) in [6, 6.07) is 0. The Morgan fingerprint density at radius 2 is 0.312 bits per heavy atom. The number of quaternary nitrogens is 6. The molecule has 0 fully saturated rings. The van der Waals surface area contributed by atoms with Crippen LogP contribution in [0.4, 0.5) is 0 Å². The van der Waals surface area contributed by atoms with Crippen LogP contribution in [0.5, 0.6) is 0 Å². The van der Waals surface area contributed by atoms with Crippen molar-refractivity contribution >= 4 is 0 Å². The fourth-order valence-electron chi connectivity index (χ4n) is 6.63. The van der Waals surface area contributed by atoms with Gasteiger partial charge >= 0.3 is 0 Å². The predicted octanol–water partition coefficient (Wildman–Crippen LogP) is 6.16. The maximum Gasteiger partial charge on any atom is 0.0786 e. The molecule has 0 aromatic rings. The van der Waals surface area contributed by atoms with Gasteiger partial charge in [0.15, 0.2) is 0 Å². The number of rotatable bonds is 28. The van der Waals surface area contributed by atoms with Crippen LogP contribution in [0.1, 0.15) is 186 Å². The Labute approximate surface area is 425 Å². The first-order valence-corrected chi connectivity index (χ1v) is 25.6. The first-order chi connectivity index (χ1) is 26.7. The van der Waals surface area contributed by atoms with Crippen molar-refractivity contribution in [3.8, 4) is 0 Å². The summed E-state index contributed by atoms with van der Waals surface area (Å²) < 4.78 is 7.12. The average molecular weight is 1020 g/mol. The van der Waals surface area contributed by atoms with Crippen LogP contribution >= 0.6 is 0 Å². The average Bonchev–Trinajstić information content (AvgIpc) is 3.13. The molecule has 0 radical (unpaired) electrons. The second kappa shape index (κ2) is 59.5. The number of nitrogens with zero attached hydrogens (tertiary/aromatic N) is 6. The Hall–Kier alpha value is 0.370. The fourth-order valence-corrected chi connectivity index (χ4v) is 6.63. The maximum absolute atomic E-state index is 2.33. The zero-order chi connectivity index (χ0) is 46.8. The Morgan fingerprint density at radius 1 is 0.219 bits per heavy atom. The molecule has 0 rings (SSSR count). The highest BCUT2D eigenvalue weighted by Gasteiger charge is 2.26. The van der Waals surface area contributed by atoms with Gasteiger partial charge in [-0.25, -0.2) is 0 Å². The van der Waals surface area contributed by atoms with Gasteiger partial charge in [-0.1, -0.05) is 107 Å². The van der Waals surface area contributed by atoms with Gasteiger partial charge in [-0.05, 0) is 79.1 Å². The summed E-state index contributed by atoms with van der Waals surface area (Å²) >= 11 is 0. The molecule has 0 aliphatic heterocycles. The van der Waals surface area contributed by atoms with E-state index in [-0.39, 0.29) is 51.3 Å². The third-order valence-electron chi connectivity index (χ3n) is 10.6. The molecule has 0 aromatic carbocycles. The third-order valence-corrected chi connectivity index (χ3v) is 10.6. The van der Waals surface area contributed by atoms with Gasteiger partial charge in [0.1, 0.15) is 0 Å².